The molecule has 0 aliphatic heterocycles. The first-order valence-corrected chi connectivity index (χ1v) is 5.56. The number of imidazole rings is 1. The average Bonchev–Trinajstić information content (AvgIpc) is 3.02. The minimum atomic E-state index is 0.0257. The van der Waals surface area contributed by atoms with E-state index in [0.29, 0.717) is 0 Å². The van der Waals surface area contributed by atoms with Crippen LogP contribution in [0.1, 0.15) is 29.9 Å². The quantitative estimate of drug-likeness (QED) is 0.820. The van der Waals surface area contributed by atoms with Gasteiger partial charge in [-0.05, 0) is 18.4 Å². The van der Waals surface area contributed by atoms with Crippen LogP contribution in [0.25, 0.3) is 0 Å². The van der Waals surface area contributed by atoms with E-state index in [-0.39, 0.29) is 12.0 Å². The number of benzene rings is 1. The molecule has 0 saturated heterocycles. The van der Waals surface area contributed by atoms with Gasteiger partial charge in [-0.3, -0.25) is 0 Å². The van der Waals surface area contributed by atoms with Gasteiger partial charge in [-0.2, -0.15) is 0 Å². The first kappa shape index (κ1) is 9.60. The number of aromatic nitrogens is 2. The predicted octanol–water partition coefficient (Wildman–Crippen LogP) is 1.98. The van der Waals surface area contributed by atoms with Crippen LogP contribution in [0.4, 0.5) is 0 Å². The molecule has 1 aromatic carbocycles. The molecule has 2 aromatic rings. The highest BCUT2D eigenvalue weighted by Gasteiger charge is 2.48. The number of aliphatic hydroxyl groups excluding tert-OH is 1. The van der Waals surface area contributed by atoms with E-state index in [2.05, 4.69) is 34.2 Å². The number of H-pyrrole nitrogens is 1. The van der Waals surface area contributed by atoms with E-state index in [0.717, 1.165) is 24.4 Å². The third-order valence-electron chi connectivity index (χ3n) is 3.33. The molecule has 82 valence electrons. The molecule has 0 radical (unpaired) electrons. The van der Waals surface area contributed by atoms with E-state index in [4.69, 9.17) is 5.11 Å². The summed E-state index contributed by atoms with van der Waals surface area (Å²) in [6.45, 7) is 0.0257. The van der Waals surface area contributed by atoms with Crippen molar-refractivity contribution in [3.8, 4) is 0 Å². The van der Waals surface area contributed by atoms with Gasteiger partial charge in [0.1, 0.15) is 5.82 Å². The summed E-state index contributed by atoms with van der Waals surface area (Å²) >= 11 is 0. The van der Waals surface area contributed by atoms with Crippen molar-refractivity contribution in [2.45, 2.75) is 24.9 Å². The maximum atomic E-state index is 9.04. The number of hydrogen-bond donors (Lipinski definition) is 2. The molecule has 3 heteroatoms. The molecule has 1 aromatic heterocycles. The molecular formula is C13H14N2O. The summed E-state index contributed by atoms with van der Waals surface area (Å²) in [5.74, 6) is 0.989. The fourth-order valence-electron chi connectivity index (χ4n) is 2.23. The third-order valence-corrected chi connectivity index (χ3v) is 3.33. The van der Waals surface area contributed by atoms with Gasteiger partial charge in [0.2, 0.25) is 0 Å². The summed E-state index contributed by atoms with van der Waals surface area (Å²) in [5, 5.41) is 9.04. The molecular weight excluding hydrogens is 200 g/mol. The lowest BCUT2D eigenvalue weighted by molar-refractivity contribution is 0.277. The smallest absolute Gasteiger partial charge is 0.116 e. The van der Waals surface area contributed by atoms with Crippen LogP contribution >= 0.6 is 0 Å². The van der Waals surface area contributed by atoms with Crippen LogP contribution in [0.15, 0.2) is 36.5 Å². The lowest BCUT2D eigenvalue weighted by Gasteiger charge is -2.12. The molecule has 0 unspecified atom stereocenters. The van der Waals surface area contributed by atoms with Gasteiger partial charge in [-0.1, -0.05) is 30.3 Å². The van der Waals surface area contributed by atoms with Crippen LogP contribution in [0.2, 0.25) is 0 Å². The Balaban J connectivity index is 2.00. The maximum Gasteiger partial charge on any atom is 0.116 e. The summed E-state index contributed by atoms with van der Waals surface area (Å²) in [5.41, 5.74) is 2.18. The van der Waals surface area contributed by atoms with Crippen LogP contribution in [0.5, 0.6) is 0 Å². The number of rotatable bonds is 3. The molecule has 3 rings (SSSR count). The van der Waals surface area contributed by atoms with Crippen LogP contribution in [0, 0.1) is 0 Å². The van der Waals surface area contributed by atoms with Gasteiger partial charge in [-0.15, -0.1) is 0 Å². The van der Waals surface area contributed by atoms with Crippen molar-refractivity contribution in [2.75, 3.05) is 0 Å². The van der Waals surface area contributed by atoms with Crippen molar-refractivity contribution in [1.29, 1.82) is 0 Å². The summed E-state index contributed by atoms with van der Waals surface area (Å²) in [6.07, 6.45) is 3.99. The molecule has 1 heterocycles. The molecule has 0 atom stereocenters. The molecule has 0 amide bonds. The highest BCUT2D eigenvalue weighted by Crippen LogP contribution is 2.52. The molecule has 1 aliphatic rings. The van der Waals surface area contributed by atoms with Gasteiger partial charge in [0.05, 0.1) is 23.9 Å². The van der Waals surface area contributed by atoms with Gasteiger partial charge in [-0.25, -0.2) is 4.98 Å². The van der Waals surface area contributed by atoms with Crippen molar-refractivity contribution in [2.24, 2.45) is 0 Å². The molecule has 2 N–H and O–H groups in total. The SMILES string of the molecule is OCc1cnc(C2(c3ccccc3)CC2)[nH]1. The van der Waals surface area contributed by atoms with Gasteiger partial charge in [0.15, 0.2) is 0 Å². The van der Waals surface area contributed by atoms with Crippen molar-refractivity contribution >= 4 is 0 Å². The Bertz CT molecular complexity index is 486. The van der Waals surface area contributed by atoms with Gasteiger partial charge in [0, 0.05) is 0 Å². The second kappa shape index (κ2) is 3.46. The zero-order valence-corrected chi connectivity index (χ0v) is 8.98. The topological polar surface area (TPSA) is 48.9 Å². The lowest BCUT2D eigenvalue weighted by atomic mass is 9.95. The summed E-state index contributed by atoms with van der Waals surface area (Å²) in [7, 11) is 0. The van der Waals surface area contributed by atoms with Crippen LogP contribution in [-0.2, 0) is 12.0 Å². The maximum absolute atomic E-state index is 9.04. The minimum absolute atomic E-state index is 0.0257. The largest absolute Gasteiger partial charge is 0.390 e. The van der Waals surface area contributed by atoms with Crippen LogP contribution in [0.3, 0.4) is 0 Å². The normalized spacial score (nSPS) is 17.3. The zero-order valence-electron chi connectivity index (χ0n) is 8.98. The Morgan fingerprint density at radius 1 is 1.25 bits per heavy atom. The number of nitrogens with one attached hydrogen (secondary N) is 1. The lowest BCUT2D eigenvalue weighted by Crippen LogP contribution is -2.10. The van der Waals surface area contributed by atoms with Crippen molar-refractivity contribution in [3.63, 3.8) is 0 Å². The van der Waals surface area contributed by atoms with E-state index < -0.39 is 0 Å². The average molecular weight is 214 g/mol. The van der Waals surface area contributed by atoms with Gasteiger partial charge < -0.3 is 10.1 Å². The Kier molecular flexibility index (Phi) is 2.07. The molecule has 3 nitrogen and oxygen atoms in total. The Hall–Kier alpha value is -1.61. The van der Waals surface area contributed by atoms with E-state index in [9.17, 15) is 0 Å². The molecule has 1 aliphatic carbocycles. The first-order chi connectivity index (χ1) is 7.85. The van der Waals surface area contributed by atoms with E-state index >= 15 is 0 Å². The Labute approximate surface area is 94.2 Å². The number of hydrogen-bond acceptors (Lipinski definition) is 2. The summed E-state index contributed by atoms with van der Waals surface area (Å²) in [6, 6.07) is 10.4. The Morgan fingerprint density at radius 2 is 2.00 bits per heavy atom. The highest BCUT2D eigenvalue weighted by atomic mass is 16.3. The van der Waals surface area contributed by atoms with Crippen LogP contribution in [-0.4, -0.2) is 15.1 Å². The number of nitrogens with zero attached hydrogens (tertiary/aromatic N) is 1. The molecule has 1 fully saturated rings. The van der Waals surface area contributed by atoms with E-state index in [1.54, 1.807) is 6.20 Å². The number of aromatic amines is 1. The fraction of sp³-hybridized carbons (Fsp3) is 0.308. The second-order valence-electron chi connectivity index (χ2n) is 4.36. The van der Waals surface area contributed by atoms with Crippen molar-refractivity contribution in [3.05, 3.63) is 53.6 Å². The zero-order chi connectivity index (χ0) is 11.0. The fourth-order valence-corrected chi connectivity index (χ4v) is 2.23. The minimum Gasteiger partial charge on any atom is -0.390 e. The van der Waals surface area contributed by atoms with E-state index in [1.807, 2.05) is 6.07 Å². The third kappa shape index (κ3) is 1.36. The summed E-state index contributed by atoms with van der Waals surface area (Å²) in [4.78, 5) is 7.59. The summed E-state index contributed by atoms with van der Waals surface area (Å²) < 4.78 is 0. The molecule has 0 spiro atoms. The van der Waals surface area contributed by atoms with Gasteiger partial charge in [0.25, 0.3) is 0 Å². The monoisotopic (exact) mass is 214 g/mol. The molecule has 1 saturated carbocycles. The molecule has 0 bridgehead atoms. The molecule has 16 heavy (non-hydrogen) atoms. The van der Waals surface area contributed by atoms with Crippen molar-refractivity contribution in [1.82, 2.24) is 9.97 Å². The number of aliphatic hydroxyl groups is 1. The highest BCUT2D eigenvalue weighted by molar-refractivity contribution is 5.39. The standard InChI is InChI=1S/C13H14N2O/c16-9-11-8-14-12(15-11)13(6-7-13)10-4-2-1-3-5-10/h1-5,8,16H,6-7,9H2,(H,14,15). The Morgan fingerprint density at radius 3 is 2.56 bits per heavy atom. The van der Waals surface area contributed by atoms with Crippen molar-refractivity contribution < 1.29 is 5.11 Å². The van der Waals surface area contributed by atoms with E-state index in [1.165, 1.54) is 5.56 Å². The van der Waals surface area contributed by atoms with Gasteiger partial charge >= 0.3 is 0 Å². The van der Waals surface area contributed by atoms with Crippen LogP contribution < -0.4 is 0 Å². The first-order valence-electron chi connectivity index (χ1n) is 5.56. The predicted molar refractivity (Wildman–Crippen MR) is 61.0 cm³/mol. The second-order valence-corrected chi connectivity index (χ2v) is 4.36.